The van der Waals surface area contributed by atoms with Gasteiger partial charge in [-0.2, -0.15) is 0 Å². The number of furan rings is 1. The van der Waals surface area contributed by atoms with Crippen LogP contribution in [0.1, 0.15) is 39.8 Å². The van der Waals surface area contributed by atoms with Crippen molar-refractivity contribution in [2.75, 3.05) is 6.61 Å². The second-order valence-corrected chi connectivity index (χ2v) is 9.23. The second-order valence-electron chi connectivity index (χ2n) is 7.15. The molecule has 2 aromatic carbocycles. The molecule has 2 aromatic heterocycles. The molecule has 4 aromatic rings. The quantitative estimate of drug-likeness (QED) is 0.404. The molecule has 0 unspecified atom stereocenters. The smallest absolute Gasteiger partial charge is 0.287 e. The summed E-state index contributed by atoms with van der Waals surface area (Å²) in [6, 6.07) is 15.5. The molecule has 5 rings (SSSR count). The van der Waals surface area contributed by atoms with Crippen molar-refractivity contribution in [2.24, 2.45) is 0 Å². The number of nitrogens with zero attached hydrogens (tertiary/aromatic N) is 1. The first-order valence-electron chi connectivity index (χ1n) is 9.77. The van der Waals surface area contributed by atoms with Crippen molar-refractivity contribution in [3.05, 3.63) is 76.5 Å². The van der Waals surface area contributed by atoms with Crippen LogP contribution in [0.3, 0.4) is 0 Å². The zero-order chi connectivity index (χ0) is 20.5. The number of carbonyl (C=O) groups excluding carboxylic acids is 1. The molecule has 0 aliphatic carbocycles. The number of para-hydroxylation sites is 2. The molecule has 1 atom stereocenters. The molecule has 0 saturated carbocycles. The molecule has 0 radical (unpaired) electrons. The van der Waals surface area contributed by atoms with Gasteiger partial charge in [-0.15, -0.1) is 11.3 Å². The highest BCUT2D eigenvalue weighted by molar-refractivity contribution is 8.00. The van der Waals surface area contributed by atoms with Crippen LogP contribution in [0.15, 0.2) is 62.7 Å². The number of aryl methyl sites for hydroxylation is 1. The van der Waals surface area contributed by atoms with E-state index in [1.165, 1.54) is 0 Å². The highest BCUT2D eigenvalue weighted by atomic mass is 32.2. The lowest BCUT2D eigenvalue weighted by molar-refractivity contribution is 0.0898. The molecule has 1 N–H and O–H groups in total. The number of hydrogen-bond donors (Lipinski definition) is 1. The standard InChI is InChI=1S/C23H20N2O3S2/c1-14-12-29-23(24-14)30-13-17-15-6-2-5-9-20(15)28-21(17)22(26)25-18-10-11-27-19-8-4-3-7-16(18)19/h2-9,12,18H,10-11,13H2,1H3,(H,25,26)/t18-/m0/s1. The minimum absolute atomic E-state index is 0.0993. The monoisotopic (exact) mass is 436 g/mol. The van der Waals surface area contributed by atoms with Crippen molar-refractivity contribution in [3.63, 3.8) is 0 Å². The highest BCUT2D eigenvalue weighted by Gasteiger charge is 2.27. The normalized spacial score (nSPS) is 15.6. The molecule has 0 spiro atoms. The van der Waals surface area contributed by atoms with Crippen molar-refractivity contribution in [1.82, 2.24) is 10.3 Å². The number of fused-ring (bicyclic) bond motifs is 2. The van der Waals surface area contributed by atoms with Crippen LogP contribution in [0.2, 0.25) is 0 Å². The first kappa shape index (κ1) is 19.2. The van der Waals surface area contributed by atoms with Crippen LogP contribution in [0.4, 0.5) is 0 Å². The fourth-order valence-corrected chi connectivity index (χ4v) is 5.55. The van der Waals surface area contributed by atoms with Crippen LogP contribution in [0.5, 0.6) is 5.75 Å². The molecule has 1 aliphatic rings. The zero-order valence-corrected chi connectivity index (χ0v) is 18.0. The van der Waals surface area contributed by atoms with E-state index in [1.54, 1.807) is 23.1 Å². The fraction of sp³-hybridized carbons (Fsp3) is 0.217. The Kier molecular flexibility index (Phi) is 5.23. The summed E-state index contributed by atoms with van der Waals surface area (Å²) in [5, 5.41) is 6.16. The van der Waals surface area contributed by atoms with Crippen LogP contribution < -0.4 is 10.1 Å². The predicted molar refractivity (Wildman–Crippen MR) is 119 cm³/mol. The third kappa shape index (κ3) is 3.70. The van der Waals surface area contributed by atoms with Gasteiger partial charge in [-0.05, 0) is 19.1 Å². The van der Waals surface area contributed by atoms with Crippen molar-refractivity contribution >= 4 is 40.0 Å². The number of benzene rings is 2. The molecular weight excluding hydrogens is 416 g/mol. The molecule has 0 bridgehead atoms. The zero-order valence-electron chi connectivity index (χ0n) is 16.4. The summed E-state index contributed by atoms with van der Waals surface area (Å²) >= 11 is 3.25. The minimum atomic E-state index is -0.196. The Morgan fingerprint density at radius 3 is 2.93 bits per heavy atom. The Bertz CT molecular complexity index is 1210. The summed E-state index contributed by atoms with van der Waals surface area (Å²) < 4.78 is 12.7. The van der Waals surface area contributed by atoms with Gasteiger partial charge >= 0.3 is 0 Å². The number of aromatic nitrogens is 1. The molecule has 1 amide bonds. The van der Waals surface area contributed by atoms with E-state index in [9.17, 15) is 4.79 Å². The van der Waals surface area contributed by atoms with E-state index in [2.05, 4.69) is 10.3 Å². The molecule has 5 nitrogen and oxygen atoms in total. The average molecular weight is 437 g/mol. The van der Waals surface area contributed by atoms with Crippen LogP contribution >= 0.6 is 23.1 Å². The Morgan fingerprint density at radius 1 is 1.23 bits per heavy atom. The lowest BCUT2D eigenvalue weighted by Gasteiger charge is -2.26. The van der Waals surface area contributed by atoms with Crippen LogP contribution in [-0.2, 0) is 5.75 Å². The van der Waals surface area contributed by atoms with Crippen molar-refractivity contribution in [1.29, 1.82) is 0 Å². The topological polar surface area (TPSA) is 64.4 Å². The summed E-state index contributed by atoms with van der Waals surface area (Å²) in [7, 11) is 0. The molecule has 30 heavy (non-hydrogen) atoms. The van der Waals surface area contributed by atoms with Gasteiger partial charge in [0.1, 0.15) is 15.7 Å². The lowest BCUT2D eigenvalue weighted by atomic mass is 10.0. The first-order chi connectivity index (χ1) is 14.7. The number of hydrogen-bond acceptors (Lipinski definition) is 6. The molecule has 0 saturated heterocycles. The third-order valence-corrected chi connectivity index (χ3v) is 7.27. The molecule has 3 heterocycles. The number of rotatable bonds is 5. The maximum atomic E-state index is 13.3. The molecule has 1 aliphatic heterocycles. The van der Waals surface area contributed by atoms with E-state index >= 15 is 0 Å². The lowest BCUT2D eigenvalue weighted by Crippen LogP contribution is -2.32. The third-order valence-electron chi connectivity index (χ3n) is 5.11. The van der Waals surface area contributed by atoms with Crippen molar-refractivity contribution < 1.29 is 13.9 Å². The summed E-state index contributed by atoms with van der Waals surface area (Å²) in [4.78, 5) is 17.8. The van der Waals surface area contributed by atoms with Crippen LogP contribution in [0.25, 0.3) is 11.0 Å². The molecule has 0 fully saturated rings. The van der Waals surface area contributed by atoms with Crippen LogP contribution in [-0.4, -0.2) is 17.5 Å². The second kappa shape index (κ2) is 8.16. The number of thioether (sulfide) groups is 1. The van der Waals surface area contributed by atoms with Gasteiger partial charge in [0.2, 0.25) is 0 Å². The van der Waals surface area contributed by atoms with Crippen LogP contribution in [0, 0.1) is 6.92 Å². The summed E-state index contributed by atoms with van der Waals surface area (Å²) in [5.41, 5.74) is 3.64. The van der Waals surface area contributed by atoms with Gasteiger partial charge in [0.05, 0.1) is 12.6 Å². The minimum Gasteiger partial charge on any atom is -0.493 e. The molecular formula is C23H20N2O3S2. The number of amides is 1. The average Bonchev–Trinajstić information content (AvgIpc) is 3.35. The number of carbonyl (C=O) groups is 1. The number of thiazole rings is 1. The van der Waals surface area contributed by atoms with E-state index in [-0.39, 0.29) is 11.9 Å². The van der Waals surface area contributed by atoms with E-state index in [0.29, 0.717) is 18.1 Å². The maximum Gasteiger partial charge on any atom is 0.287 e. The maximum absolute atomic E-state index is 13.3. The Morgan fingerprint density at radius 2 is 2.07 bits per heavy atom. The summed E-state index contributed by atoms with van der Waals surface area (Å²) in [6.45, 7) is 2.56. The van der Waals surface area contributed by atoms with E-state index in [0.717, 1.165) is 44.3 Å². The van der Waals surface area contributed by atoms with Gasteiger partial charge in [-0.25, -0.2) is 4.98 Å². The van der Waals surface area contributed by atoms with Gasteiger partial charge in [-0.3, -0.25) is 4.79 Å². The summed E-state index contributed by atoms with van der Waals surface area (Å²) in [6.07, 6.45) is 0.728. The number of ether oxygens (including phenoxy) is 1. The van der Waals surface area contributed by atoms with Gasteiger partial charge in [-0.1, -0.05) is 48.2 Å². The van der Waals surface area contributed by atoms with E-state index < -0.39 is 0 Å². The SMILES string of the molecule is Cc1csc(SCc2c(C(=O)N[C@H]3CCOc4ccccc43)oc3ccccc23)n1. The van der Waals surface area contributed by atoms with Crippen molar-refractivity contribution in [2.45, 2.75) is 29.5 Å². The van der Waals surface area contributed by atoms with E-state index in [4.69, 9.17) is 9.15 Å². The molecule has 7 heteroatoms. The Labute approximate surface area is 182 Å². The summed E-state index contributed by atoms with van der Waals surface area (Å²) in [5.74, 6) is 1.63. The Balaban J connectivity index is 1.44. The first-order valence-corrected chi connectivity index (χ1v) is 11.6. The number of nitrogens with one attached hydrogen (secondary N) is 1. The fourth-order valence-electron chi connectivity index (χ4n) is 3.67. The largest absolute Gasteiger partial charge is 0.493 e. The van der Waals surface area contributed by atoms with Gasteiger partial charge in [0.25, 0.3) is 5.91 Å². The van der Waals surface area contributed by atoms with E-state index in [1.807, 2.05) is 60.8 Å². The molecule has 152 valence electrons. The predicted octanol–water partition coefficient (Wildman–Crippen LogP) is 5.74. The Hall–Kier alpha value is -2.77. The van der Waals surface area contributed by atoms with Gasteiger partial charge < -0.3 is 14.5 Å². The van der Waals surface area contributed by atoms with Crippen molar-refractivity contribution in [3.8, 4) is 5.75 Å². The van der Waals surface area contributed by atoms with Gasteiger partial charge in [0.15, 0.2) is 5.76 Å². The highest BCUT2D eigenvalue weighted by Crippen LogP contribution is 2.35. The van der Waals surface area contributed by atoms with Gasteiger partial charge in [0, 0.05) is 39.8 Å².